The molecule has 0 radical (unpaired) electrons. The van der Waals surface area contributed by atoms with Crippen LogP contribution in [0.3, 0.4) is 0 Å². The molecule has 1 aliphatic carbocycles. The Labute approximate surface area is 119 Å². The number of rotatable bonds is 7. The Hall–Kier alpha value is -0.120. The quantitative estimate of drug-likeness (QED) is 0.623. The first-order valence-corrected chi connectivity index (χ1v) is 7.99. The summed E-state index contributed by atoms with van der Waals surface area (Å²) in [6.07, 6.45) is 8.19. The van der Waals surface area contributed by atoms with E-state index in [1.807, 2.05) is 0 Å². The fourth-order valence-corrected chi connectivity index (χ4v) is 3.26. The topological polar surface area (TPSA) is 58.3 Å². The minimum Gasteiger partial charge on any atom is -0.396 e. The summed E-state index contributed by atoms with van der Waals surface area (Å²) in [5.74, 6) is 0.836. The van der Waals surface area contributed by atoms with Gasteiger partial charge in [0, 0.05) is 18.7 Å². The van der Waals surface area contributed by atoms with E-state index in [1.165, 1.54) is 25.7 Å². The van der Waals surface area contributed by atoms with Gasteiger partial charge < -0.3 is 16.2 Å². The Bertz CT molecular complexity index is 240. The fourth-order valence-electron chi connectivity index (χ4n) is 3.26. The Morgan fingerprint density at radius 1 is 1.16 bits per heavy atom. The van der Waals surface area contributed by atoms with E-state index in [1.54, 1.807) is 0 Å². The largest absolute Gasteiger partial charge is 0.396 e. The first-order chi connectivity index (χ1) is 8.93. The standard InChI is InChI=1S/C16H34N2O/c1-15(2,3)14-7-9-16(13-17,10-8-14)18-11-5-4-6-12-19/h14,18-19H,4-13,17H2,1-3H3. The van der Waals surface area contributed by atoms with E-state index >= 15 is 0 Å². The Morgan fingerprint density at radius 3 is 2.26 bits per heavy atom. The molecule has 3 heteroatoms. The van der Waals surface area contributed by atoms with E-state index in [4.69, 9.17) is 10.8 Å². The zero-order valence-electron chi connectivity index (χ0n) is 13.2. The molecule has 0 aliphatic heterocycles. The smallest absolute Gasteiger partial charge is 0.0431 e. The number of aliphatic hydroxyl groups is 1. The van der Waals surface area contributed by atoms with Crippen LogP contribution in [0.5, 0.6) is 0 Å². The van der Waals surface area contributed by atoms with Crippen LogP contribution in [0.15, 0.2) is 0 Å². The van der Waals surface area contributed by atoms with Gasteiger partial charge in [0.25, 0.3) is 0 Å². The SMILES string of the molecule is CC(C)(C)C1CCC(CN)(NCCCCCO)CC1. The van der Waals surface area contributed by atoms with E-state index in [0.717, 1.165) is 38.3 Å². The second-order valence-electron chi connectivity index (χ2n) is 7.34. The van der Waals surface area contributed by atoms with Gasteiger partial charge in [0.2, 0.25) is 0 Å². The molecule has 3 nitrogen and oxygen atoms in total. The summed E-state index contributed by atoms with van der Waals surface area (Å²) in [6, 6.07) is 0. The molecule has 1 saturated carbocycles. The van der Waals surface area contributed by atoms with Crippen LogP contribution in [-0.2, 0) is 0 Å². The molecule has 0 bridgehead atoms. The summed E-state index contributed by atoms with van der Waals surface area (Å²) in [5.41, 5.74) is 6.65. The normalized spacial score (nSPS) is 28.6. The van der Waals surface area contributed by atoms with Crippen LogP contribution in [-0.4, -0.2) is 30.3 Å². The van der Waals surface area contributed by atoms with Gasteiger partial charge in [0.15, 0.2) is 0 Å². The summed E-state index contributed by atoms with van der Waals surface area (Å²) < 4.78 is 0. The van der Waals surface area contributed by atoms with E-state index in [-0.39, 0.29) is 5.54 Å². The van der Waals surface area contributed by atoms with Crippen molar-refractivity contribution in [2.45, 2.75) is 71.3 Å². The summed E-state index contributed by atoms with van der Waals surface area (Å²) in [6.45, 7) is 9.18. The molecule has 0 heterocycles. The van der Waals surface area contributed by atoms with Gasteiger partial charge in [-0.3, -0.25) is 0 Å². The van der Waals surface area contributed by atoms with Crippen molar-refractivity contribution >= 4 is 0 Å². The van der Waals surface area contributed by atoms with Gasteiger partial charge in [-0.05, 0) is 62.8 Å². The van der Waals surface area contributed by atoms with Crippen LogP contribution in [0.4, 0.5) is 0 Å². The van der Waals surface area contributed by atoms with Crippen LogP contribution >= 0.6 is 0 Å². The van der Waals surface area contributed by atoms with Crippen molar-refractivity contribution in [3.8, 4) is 0 Å². The molecule has 114 valence electrons. The van der Waals surface area contributed by atoms with Gasteiger partial charge in [0.1, 0.15) is 0 Å². The number of nitrogens with one attached hydrogen (secondary N) is 1. The molecule has 0 aromatic rings. The molecule has 0 unspecified atom stereocenters. The van der Waals surface area contributed by atoms with Crippen molar-refractivity contribution in [3.63, 3.8) is 0 Å². The highest BCUT2D eigenvalue weighted by Gasteiger charge is 2.37. The molecule has 1 rings (SSSR count). The first-order valence-electron chi connectivity index (χ1n) is 7.99. The van der Waals surface area contributed by atoms with Crippen LogP contribution in [0.1, 0.15) is 65.7 Å². The lowest BCUT2D eigenvalue weighted by molar-refractivity contribution is 0.117. The summed E-state index contributed by atoms with van der Waals surface area (Å²) in [5, 5.41) is 12.5. The van der Waals surface area contributed by atoms with E-state index in [0.29, 0.717) is 12.0 Å². The summed E-state index contributed by atoms with van der Waals surface area (Å²) in [4.78, 5) is 0. The van der Waals surface area contributed by atoms with Crippen molar-refractivity contribution < 1.29 is 5.11 Å². The Morgan fingerprint density at radius 2 is 1.79 bits per heavy atom. The van der Waals surface area contributed by atoms with Gasteiger partial charge in [0.05, 0.1) is 0 Å². The van der Waals surface area contributed by atoms with Gasteiger partial charge >= 0.3 is 0 Å². The molecule has 0 saturated heterocycles. The molecule has 19 heavy (non-hydrogen) atoms. The van der Waals surface area contributed by atoms with E-state index in [9.17, 15) is 0 Å². The zero-order valence-corrected chi connectivity index (χ0v) is 13.2. The van der Waals surface area contributed by atoms with Gasteiger partial charge in [-0.1, -0.05) is 20.8 Å². The molecule has 0 aromatic heterocycles. The summed E-state index contributed by atoms with van der Waals surface area (Å²) in [7, 11) is 0. The maximum Gasteiger partial charge on any atom is 0.0431 e. The number of unbranched alkanes of at least 4 members (excludes halogenated alkanes) is 2. The van der Waals surface area contributed by atoms with Crippen molar-refractivity contribution in [3.05, 3.63) is 0 Å². The molecular formula is C16H34N2O. The average Bonchev–Trinajstić information content (AvgIpc) is 2.38. The lowest BCUT2D eigenvalue weighted by Gasteiger charge is -2.44. The monoisotopic (exact) mass is 270 g/mol. The Kier molecular flexibility index (Phi) is 6.78. The number of hydrogen-bond acceptors (Lipinski definition) is 3. The second kappa shape index (κ2) is 7.61. The van der Waals surface area contributed by atoms with Crippen LogP contribution < -0.4 is 11.1 Å². The molecular weight excluding hydrogens is 236 g/mol. The number of aliphatic hydroxyl groups excluding tert-OH is 1. The lowest BCUT2D eigenvalue weighted by Crippen LogP contribution is -2.54. The summed E-state index contributed by atoms with van der Waals surface area (Å²) >= 11 is 0. The van der Waals surface area contributed by atoms with Crippen molar-refractivity contribution in [2.75, 3.05) is 19.7 Å². The third kappa shape index (κ3) is 5.41. The first kappa shape index (κ1) is 16.9. The minimum absolute atomic E-state index is 0.182. The van der Waals surface area contributed by atoms with Crippen molar-refractivity contribution in [2.24, 2.45) is 17.1 Å². The highest BCUT2D eigenvalue weighted by molar-refractivity contribution is 4.95. The van der Waals surface area contributed by atoms with E-state index < -0.39 is 0 Å². The highest BCUT2D eigenvalue weighted by Crippen LogP contribution is 2.41. The highest BCUT2D eigenvalue weighted by atomic mass is 16.2. The molecule has 4 N–H and O–H groups in total. The minimum atomic E-state index is 0.182. The maximum absolute atomic E-state index is 8.78. The number of hydrogen-bond donors (Lipinski definition) is 3. The average molecular weight is 270 g/mol. The molecule has 0 atom stereocenters. The molecule has 1 aliphatic rings. The van der Waals surface area contributed by atoms with E-state index in [2.05, 4.69) is 26.1 Å². The third-order valence-electron chi connectivity index (χ3n) is 4.89. The van der Waals surface area contributed by atoms with Crippen molar-refractivity contribution in [1.82, 2.24) is 5.32 Å². The third-order valence-corrected chi connectivity index (χ3v) is 4.89. The number of nitrogens with two attached hydrogens (primary N) is 1. The lowest BCUT2D eigenvalue weighted by atomic mass is 9.67. The second-order valence-corrected chi connectivity index (χ2v) is 7.34. The molecule has 0 amide bonds. The maximum atomic E-state index is 8.78. The fraction of sp³-hybridized carbons (Fsp3) is 1.00. The van der Waals surface area contributed by atoms with Gasteiger partial charge in [-0.15, -0.1) is 0 Å². The van der Waals surface area contributed by atoms with Gasteiger partial charge in [-0.2, -0.15) is 0 Å². The zero-order chi connectivity index (χ0) is 14.4. The van der Waals surface area contributed by atoms with Crippen molar-refractivity contribution in [1.29, 1.82) is 0 Å². The van der Waals surface area contributed by atoms with Crippen LogP contribution in [0, 0.1) is 11.3 Å². The van der Waals surface area contributed by atoms with Gasteiger partial charge in [-0.25, -0.2) is 0 Å². The molecule has 0 aromatic carbocycles. The predicted molar refractivity (Wildman–Crippen MR) is 82.1 cm³/mol. The van der Waals surface area contributed by atoms with Crippen LogP contribution in [0.2, 0.25) is 0 Å². The predicted octanol–water partition coefficient (Wildman–Crippen LogP) is 2.67. The molecule has 0 spiro atoms. The molecule has 1 fully saturated rings. The Balaban J connectivity index is 2.34. The van der Waals surface area contributed by atoms with Crippen LogP contribution in [0.25, 0.3) is 0 Å².